The van der Waals surface area contributed by atoms with Gasteiger partial charge in [0.2, 0.25) is 0 Å². The highest BCUT2D eigenvalue weighted by Crippen LogP contribution is 2.39. The summed E-state index contributed by atoms with van der Waals surface area (Å²) in [7, 11) is 0. The van der Waals surface area contributed by atoms with E-state index in [1.54, 1.807) is 0 Å². The number of carbonyl (C=O) groups is 1. The smallest absolute Gasteiger partial charge is 0.137 e. The molecular weight excluding hydrogens is 262 g/mol. The van der Waals surface area contributed by atoms with Gasteiger partial charge in [-0.3, -0.25) is 4.79 Å². The van der Waals surface area contributed by atoms with Crippen molar-refractivity contribution in [3.63, 3.8) is 0 Å². The van der Waals surface area contributed by atoms with E-state index in [0.717, 1.165) is 45.5 Å². The molecule has 0 radical (unpaired) electrons. The van der Waals surface area contributed by atoms with Gasteiger partial charge in [-0.15, -0.1) is 0 Å². The lowest BCUT2D eigenvalue weighted by Crippen LogP contribution is -2.41. The zero-order chi connectivity index (χ0) is 15.5. The van der Waals surface area contributed by atoms with E-state index in [0.29, 0.717) is 23.2 Å². The van der Waals surface area contributed by atoms with Crippen molar-refractivity contribution in [3.05, 3.63) is 0 Å². The topological polar surface area (TPSA) is 29.5 Å². The van der Waals surface area contributed by atoms with Gasteiger partial charge in [-0.2, -0.15) is 0 Å². The number of rotatable bonds is 5. The zero-order valence-corrected chi connectivity index (χ0v) is 14.4. The molecule has 0 N–H and O–H groups in total. The molecule has 1 saturated heterocycles. The Bertz CT molecular complexity index is 342. The third kappa shape index (κ3) is 4.79. The van der Waals surface area contributed by atoms with Gasteiger partial charge < -0.3 is 9.64 Å². The number of ketones is 1. The highest BCUT2D eigenvalue weighted by atomic mass is 16.5. The molecule has 3 nitrogen and oxygen atoms in total. The zero-order valence-electron chi connectivity index (χ0n) is 14.4. The molecule has 0 aromatic carbocycles. The Balaban J connectivity index is 1.89. The second kappa shape index (κ2) is 7.23. The summed E-state index contributed by atoms with van der Waals surface area (Å²) in [4.78, 5) is 14.7. The SMILES string of the molecule is CCN(CC1CCCO1)CC1CC(C(C)(C)C)CCC1=O. The molecule has 0 amide bonds. The van der Waals surface area contributed by atoms with Crippen LogP contribution in [0.25, 0.3) is 0 Å². The van der Waals surface area contributed by atoms with Gasteiger partial charge in [-0.05, 0) is 43.6 Å². The Kier molecular flexibility index (Phi) is 5.84. The number of likely N-dealkylation sites (N-methyl/N-ethyl adjacent to an activating group) is 1. The minimum atomic E-state index is 0.240. The molecule has 122 valence electrons. The molecule has 1 saturated carbocycles. The number of Topliss-reactive ketones (excluding diaryl/α,β-unsaturated/α-hetero) is 1. The van der Waals surface area contributed by atoms with E-state index in [2.05, 4.69) is 32.6 Å². The molecule has 2 fully saturated rings. The molecule has 0 bridgehead atoms. The monoisotopic (exact) mass is 295 g/mol. The van der Waals surface area contributed by atoms with Crippen molar-refractivity contribution in [2.45, 2.75) is 65.9 Å². The van der Waals surface area contributed by atoms with E-state index in [1.807, 2.05) is 0 Å². The molecule has 3 unspecified atom stereocenters. The molecular formula is C18H33NO2. The summed E-state index contributed by atoms with van der Waals surface area (Å²) in [5.74, 6) is 1.41. The molecule has 0 spiro atoms. The van der Waals surface area contributed by atoms with Crippen LogP contribution in [-0.4, -0.2) is 43.0 Å². The Morgan fingerprint density at radius 1 is 1.24 bits per heavy atom. The van der Waals surface area contributed by atoms with Gasteiger partial charge in [0.1, 0.15) is 5.78 Å². The lowest BCUT2D eigenvalue weighted by atomic mass is 9.68. The summed E-state index contributed by atoms with van der Waals surface area (Å²) in [5, 5.41) is 0. The van der Waals surface area contributed by atoms with Gasteiger partial charge >= 0.3 is 0 Å². The van der Waals surface area contributed by atoms with Gasteiger partial charge in [0, 0.05) is 32.0 Å². The number of ether oxygens (including phenoxy) is 1. The first-order valence-electron chi connectivity index (χ1n) is 8.76. The first-order valence-corrected chi connectivity index (χ1v) is 8.76. The fourth-order valence-electron chi connectivity index (χ4n) is 3.80. The molecule has 2 aliphatic rings. The van der Waals surface area contributed by atoms with Gasteiger partial charge in [-0.25, -0.2) is 0 Å². The average molecular weight is 295 g/mol. The average Bonchev–Trinajstić information content (AvgIpc) is 2.92. The molecule has 0 aromatic heterocycles. The largest absolute Gasteiger partial charge is 0.377 e. The highest BCUT2D eigenvalue weighted by Gasteiger charge is 2.35. The predicted octanol–water partition coefficient (Wildman–Crippen LogP) is 3.52. The summed E-state index contributed by atoms with van der Waals surface area (Å²) >= 11 is 0. The van der Waals surface area contributed by atoms with E-state index in [9.17, 15) is 4.79 Å². The Labute approximate surface area is 130 Å². The molecule has 2 rings (SSSR count). The first-order chi connectivity index (χ1) is 9.90. The van der Waals surface area contributed by atoms with Crippen LogP contribution in [0.5, 0.6) is 0 Å². The van der Waals surface area contributed by atoms with Crippen molar-refractivity contribution in [2.24, 2.45) is 17.3 Å². The van der Waals surface area contributed by atoms with Crippen LogP contribution in [0.4, 0.5) is 0 Å². The minimum absolute atomic E-state index is 0.240. The van der Waals surface area contributed by atoms with Gasteiger partial charge in [0.25, 0.3) is 0 Å². The van der Waals surface area contributed by atoms with Gasteiger partial charge in [0.05, 0.1) is 6.10 Å². The van der Waals surface area contributed by atoms with Crippen LogP contribution in [-0.2, 0) is 9.53 Å². The second-order valence-corrected chi connectivity index (χ2v) is 7.99. The van der Waals surface area contributed by atoms with Crippen molar-refractivity contribution >= 4 is 5.78 Å². The van der Waals surface area contributed by atoms with Crippen LogP contribution in [0.1, 0.15) is 59.8 Å². The van der Waals surface area contributed by atoms with Crippen LogP contribution in [0.3, 0.4) is 0 Å². The number of hydrogen-bond donors (Lipinski definition) is 0. The van der Waals surface area contributed by atoms with Crippen molar-refractivity contribution in [2.75, 3.05) is 26.2 Å². The molecule has 21 heavy (non-hydrogen) atoms. The molecule has 3 atom stereocenters. The third-order valence-corrected chi connectivity index (χ3v) is 5.40. The lowest BCUT2D eigenvalue weighted by molar-refractivity contribution is -0.127. The quantitative estimate of drug-likeness (QED) is 0.777. The standard InChI is InChI=1S/C18H33NO2/c1-5-19(13-16-7-6-10-21-16)12-14-11-15(18(2,3)4)8-9-17(14)20/h14-16H,5-13H2,1-4H3. The van der Waals surface area contributed by atoms with Crippen molar-refractivity contribution in [1.29, 1.82) is 0 Å². The summed E-state index contributed by atoms with van der Waals surface area (Å²) in [6.45, 7) is 13.0. The maximum Gasteiger partial charge on any atom is 0.137 e. The van der Waals surface area contributed by atoms with Crippen molar-refractivity contribution < 1.29 is 9.53 Å². The summed E-state index contributed by atoms with van der Waals surface area (Å²) in [5.41, 5.74) is 0.324. The van der Waals surface area contributed by atoms with Crippen LogP contribution in [0, 0.1) is 17.3 Å². The van der Waals surface area contributed by atoms with E-state index < -0.39 is 0 Å². The van der Waals surface area contributed by atoms with E-state index in [1.165, 1.54) is 12.8 Å². The Morgan fingerprint density at radius 2 is 2.00 bits per heavy atom. The number of hydrogen-bond acceptors (Lipinski definition) is 3. The fourth-order valence-corrected chi connectivity index (χ4v) is 3.80. The number of nitrogens with zero attached hydrogens (tertiary/aromatic N) is 1. The third-order valence-electron chi connectivity index (χ3n) is 5.40. The maximum atomic E-state index is 12.3. The van der Waals surface area contributed by atoms with Crippen LogP contribution < -0.4 is 0 Å². The highest BCUT2D eigenvalue weighted by molar-refractivity contribution is 5.82. The molecule has 1 aliphatic heterocycles. The maximum absolute atomic E-state index is 12.3. The minimum Gasteiger partial charge on any atom is -0.377 e. The summed E-state index contributed by atoms with van der Waals surface area (Å²) < 4.78 is 5.75. The van der Waals surface area contributed by atoms with Crippen LogP contribution in [0.2, 0.25) is 0 Å². The van der Waals surface area contributed by atoms with Crippen LogP contribution in [0.15, 0.2) is 0 Å². The first kappa shape index (κ1) is 17.0. The van der Waals surface area contributed by atoms with Crippen molar-refractivity contribution in [3.8, 4) is 0 Å². The number of carbonyl (C=O) groups excluding carboxylic acids is 1. The normalized spacial score (nSPS) is 31.1. The van der Waals surface area contributed by atoms with Crippen LogP contribution >= 0.6 is 0 Å². The fraction of sp³-hybridized carbons (Fsp3) is 0.944. The van der Waals surface area contributed by atoms with Gasteiger partial charge in [-0.1, -0.05) is 27.7 Å². The Morgan fingerprint density at radius 3 is 2.57 bits per heavy atom. The molecule has 1 aliphatic carbocycles. The van der Waals surface area contributed by atoms with E-state index in [4.69, 9.17) is 4.74 Å². The molecule has 1 heterocycles. The lowest BCUT2D eigenvalue weighted by Gasteiger charge is -2.38. The van der Waals surface area contributed by atoms with Gasteiger partial charge in [0.15, 0.2) is 0 Å². The molecule has 0 aromatic rings. The van der Waals surface area contributed by atoms with E-state index in [-0.39, 0.29) is 5.92 Å². The molecule has 3 heteroatoms. The Hall–Kier alpha value is -0.410. The van der Waals surface area contributed by atoms with E-state index >= 15 is 0 Å². The summed E-state index contributed by atoms with van der Waals surface area (Å²) in [6.07, 6.45) is 5.70. The van der Waals surface area contributed by atoms with Crippen molar-refractivity contribution in [1.82, 2.24) is 4.90 Å². The second-order valence-electron chi connectivity index (χ2n) is 7.99. The summed E-state index contributed by atoms with van der Waals surface area (Å²) in [6, 6.07) is 0. The predicted molar refractivity (Wildman–Crippen MR) is 86.4 cm³/mol.